The summed E-state index contributed by atoms with van der Waals surface area (Å²) in [6, 6.07) is 0. The third-order valence-electron chi connectivity index (χ3n) is 1.35. The largest absolute Gasteiger partial charge is 0.458 e. The van der Waals surface area contributed by atoms with E-state index in [0.717, 1.165) is 18.4 Å². The molecule has 0 atom stereocenters. The molecule has 2 heteroatoms. The highest BCUT2D eigenvalue weighted by Crippen LogP contribution is 2.02. The minimum Gasteiger partial charge on any atom is -0.458 e. The second kappa shape index (κ2) is 6.65. The van der Waals surface area contributed by atoms with Crippen LogP contribution >= 0.6 is 0 Å². The second-order valence-corrected chi connectivity index (χ2v) is 2.66. The van der Waals surface area contributed by atoms with Gasteiger partial charge in [-0.25, -0.2) is 4.79 Å². The Morgan fingerprint density at radius 3 is 2.75 bits per heavy atom. The van der Waals surface area contributed by atoms with E-state index in [4.69, 9.17) is 4.74 Å². The van der Waals surface area contributed by atoms with Crippen LogP contribution in [0.25, 0.3) is 0 Å². The Bertz CT molecular complexity index is 180. The van der Waals surface area contributed by atoms with Crippen LogP contribution in [0.5, 0.6) is 0 Å². The Labute approximate surface area is 73.9 Å². The molecule has 0 bridgehead atoms. The number of carbonyl (C=O) groups is 1. The molecular formula is C10H16O2. The van der Waals surface area contributed by atoms with E-state index >= 15 is 0 Å². The molecule has 0 radical (unpaired) electrons. The number of carbonyl (C=O) groups excluding carboxylic acids is 1. The Balaban J connectivity index is 3.78. The van der Waals surface area contributed by atoms with E-state index in [9.17, 15) is 4.79 Å². The molecule has 0 aromatic carbocycles. The molecule has 2 nitrogen and oxygen atoms in total. The zero-order valence-corrected chi connectivity index (χ0v) is 7.80. The van der Waals surface area contributed by atoms with Crippen LogP contribution in [0.2, 0.25) is 0 Å². The van der Waals surface area contributed by atoms with Gasteiger partial charge >= 0.3 is 5.97 Å². The molecule has 0 aliphatic carbocycles. The highest BCUT2D eigenvalue weighted by molar-refractivity contribution is 5.82. The van der Waals surface area contributed by atoms with Crippen molar-refractivity contribution in [3.8, 4) is 0 Å². The third kappa shape index (κ3) is 5.71. The zero-order valence-electron chi connectivity index (χ0n) is 7.80. The van der Waals surface area contributed by atoms with Gasteiger partial charge in [0, 0.05) is 6.08 Å². The summed E-state index contributed by atoms with van der Waals surface area (Å²) in [5, 5.41) is 0. The molecule has 0 aliphatic heterocycles. The highest BCUT2D eigenvalue weighted by atomic mass is 16.5. The normalized spacial score (nSPS) is 11.0. The SMILES string of the molecule is C=CCOC(=O)/C=C(\C)CCC. The first-order valence-electron chi connectivity index (χ1n) is 4.15. The van der Waals surface area contributed by atoms with Crippen LogP contribution in [-0.2, 0) is 9.53 Å². The molecule has 0 amide bonds. The smallest absolute Gasteiger partial charge is 0.330 e. The lowest BCUT2D eigenvalue weighted by Gasteiger charge is -1.98. The van der Waals surface area contributed by atoms with Gasteiger partial charge in [-0.3, -0.25) is 0 Å². The van der Waals surface area contributed by atoms with Crippen LogP contribution < -0.4 is 0 Å². The van der Waals surface area contributed by atoms with Gasteiger partial charge in [-0.05, 0) is 13.3 Å². The van der Waals surface area contributed by atoms with E-state index in [1.807, 2.05) is 6.92 Å². The van der Waals surface area contributed by atoms with Crippen molar-refractivity contribution >= 4 is 5.97 Å². The van der Waals surface area contributed by atoms with Crippen molar-refractivity contribution in [1.29, 1.82) is 0 Å². The molecule has 0 fully saturated rings. The van der Waals surface area contributed by atoms with E-state index in [0.29, 0.717) is 0 Å². The van der Waals surface area contributed by atoms with E-state index in [1.54, 1.807) is 6.08 Å². The number of rotatable bonds is 5. The fourth-order valence-electron chi connectivity index (χ4n) is 0.850. The van der Waals surface area contributed by atoms with Crippen LogP contribution in [-0.4, -0.2) is 12.6 Å². The number of hydrogen-bond acceptors (Lipinski definition) is 2. The molecule has 0 aromatic rings. The summed E-state index contributed by atoms with van der Waals surface area (Å²) in [6.45, 7) is 7.74. The molecule has 0 heterocycles. The van der Waals surface area contributed by atoms with Gasteiger partial charge in [0.1, 0.15) is 6.61 Å². The highest BCUT2D eigenvalue weighted by Gasteiger charge is 1.96. The summed E-state index contributed by atoms with van der Waals surface area (Å²) in [5.74, 6) is -0.277. The molecular weight excluding hydrogens is 152 g/mol. The molecule has 0 N–H and O–H groups in total. The molecule has 12 heavy (non-hydrogen) atoms. The molecule has 0 saturated heterocycles. The quantitative estimate of drug-likeness (QED) is 0.358. The van der Waals surface area contributed by atoms with Crippen LogP contribution in [0, 0.1) is 0 Å². The predicted octanol–water partition coefficient (Wildman–Crippen LogP) is 2.46. The standard InChI is InChI=1S/C10H16O2/c1-4-6-9(3)8-10(11)12-7-5-2/h5,8H,2,4,6-7H2,1,3H3/b9-8+. The first kappa shape index (κ1) is 11.0. The van der Waals surface area contributed by atoms with Crippen molar-refractivity contribution in [3.63, 3.8) is 0 Å². The minimum absolute atomic E-state index is 0.277. The van der Waals surface area contributed by atoms with Crippen LogP contribution in [0.3, 0.4) is 0 Å². The summed E-state index contributed by atoms with van der Waals surface area (Å²) in [7, 11) is 0. The van der Waals surface area contributed by atoms with Gasteiger partial charge in [-0.1, -0.05) is 31.6 Å². The summed E-state index contributed by atoms with van der Waals surface area (Å²) < 4.78 is 4.77. The first-order valence-corrected chi connectivity index (χ1v) is 4.15. The van der Waals surface area contributed by atoms with Gasteiger partial charge in [0.05, 0.1) is 0 Å². The van der Waals surface area contributed by atoms with Gasteiger partial charge in [0.15, 0.2) is 0 Å². The number of hydrogen-bond donors (Lipinski definition) is 0. The number of ether oxygens (including phenoxy) is 1. The molecule has 0 rings (SSSR count). The average Bonchev–Trinajstić information content (AvgIpc) is 2.01. The number of allylic oxidation sites excluding steroid dienone is 1. The van der Waals surface area contributed by atoms with Crippen molar-refractivity contribution < 1.29 is 9.53 Å². The summed E-state index contributed by atoms with van der Waals surface area (Å²) in [5.41, 5.74) is 1.06. The van der Waals surface area contributed by atoms with Crippen LogP contribution in [0.1, 0.15) is 26.7 Å². The van der Waals surface area contributed by atoms with Crippen LogP contribution in [0.4, 0.5) is 0 Å². The summed E-state index contributed by atoms with van der Waals surface area (Å²) in [4.78, 5) is 10.9. The maximum Gasteiger partial charge on any atom is 0.330 e. The van der Waals surface area contributed by atoms with Crippen molar-refractivity contribution in [2.75, 3.05) is 6.61 Å². The second-order valence-electron chi connectivity index (χ2n) is 2.66. The third-order valence-corrected chi connectivity index (χ3v) is 1.35. The van der Waals surface area contributed by atoms with Crippen LogP contribution in [0.15, 0.2) is 24.3 Å². The maximum absolute atomic E-state index is 10.9. The van der Waals surface area contributed by atoms with Crippen molar-refractivity contribution in [3.05, 3.63) is 24.3 Å². The van der Waals surface area contributed by atoms with E-state index in [2.05, 4.69) is 13.5 Å². The topological polar surface area (TPSA) is 26.3 Å². The van der Waals surface area contributed by atoms with E-state index in [-0.39, 0.29) is 12.6 Å². The fraction of sp³-hybridized carbons (Fsp3) is 0.500. The fourth-order valence-corrected chi connectivity index (χ4v) is 0.850. The van der Waals surface area contributed by atoms with Gasteiger partial charge in [0.2, 0.25) is 0 Å². The first-order chi connectivity index (χ1) is 5.70. The van der Waals surface area contributed by atoms with Gasteiger partial charge in [-0.2, -0.15) is 0 Å². The lowest BCUT2D eigenvalue weighted by molar-refractivity contribution is -0.136. The monoisotopic (exact) mass is 168 g/mol. The lowest BCUT2D eigenvalue weighted by Crippen LogP contribution is -2.00. The lowest BCUT2D eigenvalue weighted by atomic mass is 10.2. The number of esters is 1. The Morgan fingerprint density at radius 2 is 2.25 bits per heavy atom. The predicted molar refractivity (Wildman–Crippen MR) is 49.8 cm³/mol. The Morgan fingerprint density at radius 1 is 1.58 bits per heavy atom. The molecule has 0 unspecified atom stereocenters. The van der Waals surface area contributed by atoms with Crippen molar-refractivity contribution in [1.82, 2.24) is 0 Å². The average molecular weight is 168 g/mol. The Kier molecular flexibility index (Phi) is 6.07. The molecule has 0 aromatic heterocycles. The van der Waals surface area contributed by atoms with Crippen molar-refractivity contribution in [2.24, 2.45) is 0 Å². The molecule has 0 spiro atoms. The van der Waals surface area contributed by atoms with Gasteiger partial charge in [-0.15, -0.1) is 0 Å². The van der Waals surface area contributed by atoms with Gasteiger partial charge in [0.25, 0.3) is 0 Å². The van der Waals surface area contributed by atoms with Gasteiger partial charge < -0.3 is 4.74 Å². The summed E-state index contributed by atoms with van der Waals surface area (Å²) in [6.07, 6.45) is 5.09. The van der Waals surface area contributed by atoms with Crippen molar-refractivity contribution in [2.45, 2.75) is 26.7 Å². The van der Waals surface area contributed by atoms with E-state index in [1.165, 1.54) is 6.08 Å². The summed E-state index contributed by atoms with van der Waals surface area (Å²) >= 11 is 0. The maximum atomic E-state index is 10.9. The zero-order chi connectivity index (χ0) is 9.40. The molecule has 68 valence electrons. The molecule has 0 saturated carbocycles. The minimum atomic E-state index is -0.277. The van der Waals surface area contributed by atoms with E-state index < -0.39 is 0 Å². The molecule has 0 aliphatic rings. The Hall–Kier alpha value is -1.05.